The number of nitrogens with one attached hydrogen (secondary N) is 1. The summed E-state index contributed by atoms with van der Waals surface area (Å²) < 4.78 is 5.37. The molecule has 5 heteroatoms. The van der Waals surface area contributed by atoms with E-state index < -0.39 is 5.97 Å². The number of rotatable bonds is 5. The quantitative estimate of drug-likeness (QED) is 0.712. The number of amides is 1. The van der Waals surface area contributed by atoms with Crippen LogP contribution in [0.5, 0.6) is 0 Å². The van der Waals surface area contributed by atoms with Gasteiger partial charge in [0, 0.05) is 12.3 Å². The van der Waals surface area contributed by atoms with Crippen LogP contribution in [0.4, 0.5) is 0 Å². The first-order valence-electron chi connectivity index (χ1n) is 5.75. The van der Waals surface area contributed by atoms with Crippen molar-refractivity contribution in [3.05, 3.63) is 0 Å². The molecule has 1 saturated carbocycles. The van der Waals surface area contributed by atoms with Gasteiger partial charge in [-0.25, -0.2) is 0 Å². The van der Waals surface area contributed by atoms with Gasteiger partial charge in [0.2, 0.25) is 5.91 Å². The lowest BCUT2D eigenvalue weighted by Crippen LogP contribution is -2.40. The van der Waals surface area contributed by atoms with Crippen molar-refractivity contribution in [1.29, 1.82) is 0 Å². The van der Waals surface area contributed by atoms with Gasteiger partial charge < -0.3 is 15.2 Å². The summed E-state index contributed by atoms with van der Waals surface area (Å²) in [6, 6.07) is 0.0915. The number of carbonyl (C=O) groups is 2. The summed E-state index contributed by atoms with van der Waals surface area (Å²) >= 11 is 0. The summed E-state index contributed by atoms with van der Waals surface area (Å²) in [4.78, 5) is 21.8. The van der Waals surface area contributed by atoms with E-state index in [-0.39, 0.29) is 24.8 Å². The maximum atomic E-state index is 11.5. The SMILES string of the molecule is O=C(O)CCC(=O)NC1COCC1C1CC1. The molecule has 5 nitrogen and oxygen atoms in total. The zero-order chi connectivity index (χ0) is 11.5. The molecule has 2 unspecified atom stereocenters. The number of carbonyl (C=O) groups excluding carboxylic acids is 1. The Morgan fingerprint density at radius 3 is 2.62 bits per heavy atom. The molecule has 2 fully saturated rings. The molecule has 90 valence electrons. The van der Waals surface area contributed by atoms with Crippen LogP contribution in [-0.2, 0) is 14.3 Å². The van der Waals surface area contributed by atoms with Gasteiger partial charge in [0.05, 0.1) is 25.7 Å². The number of hydrogen-bond acceptors (Lipinski definition) is 3. The van der Waals surface area contributed by atoms with Crippen molar-refractivity contribution in [3.8, 4) is 0 Å². The van der Waals surface area contributed by atoms with E-state index in [4.69, 9.17) is 9.84 Å². The molecule has 2 rings (SSSR count). The second-order valence-electron chi connectivity index (χ2n) is 4.61. The fourth-order valence-electron chi connectivity index (χ4n) is 2.21. The summed E-state index contributed by atoms with van der Waals surface area (Å²) in [7, 11) is 0. The fraction of sp³-hybridized carbons (Fsp3) is 0.818. The summed E-state index contributed by atoms with van der Waals surface area (Å²) in [5, 5.41) is 11.3. The Hall–Kier alpha value is -1.10. The zero-order valence-electron chi connectivity index (χ0n) is 9.15. The molecule has 0 aromatic carbocycles. The van der Waals surface area contributed by atoms with Crippen molar-refractivity contribution >= 4 is 11.9 Å². The maximum absolute atomic E-state index is 11.5. The normalized spacial score (nSPS) is 29.0. The predicted octanol–water partition coefficient (Wildman–Crippen LogP) is 0.392. The molecule has 2 atom stereocenters. The lowest BCUT2D eigenvalue weighted by molar-refractivity contribution is -0.139. The summed E-state index contributed by atoms with van der Waals surface area (Å²) in [6.45, 7) is 1.30. The topological polar surface area (TPSA) is 75.6 Å². The monoisotopic (exact) mass is 227 g/mol. The lowest BCUT2D eigenvalue weighted by atomic mass is 9.98. The summed E-state index contributed by atoms with van der Waals surface area (Å²) in [5.74, 6) is 0.0289. The molecule has 0 bridgehead atoms. The maximum Gasteiger partial charge on any atom is 0.303 e. The Kier molecular flexibility index (Phi) is 3.43. The van der Waals surface area contributed by atoms with Crippen molar-refractivity contribution in [2.75, 3.05) is 13.2 Å². The highest BCUT2D eigenvalue weighted by atomic mass is 16.5. The van der Waals surface area contributed by atoms with Gasteiger partial charge in [0.15, 0.2) is 0 Å². The van der Waals surface area contributed by atoms with E-state index in [9.17, 15) is 9.59 Å². The molecule has 1 aliphatic carbocycles. The third-order valence-corrected chi connectivity index (χ3v) is 3.26. The molecule has 2 N–H and O–H groups in total. The van der Waals surface area contributed by atoms with Gasteiger partial charge in [-0.15, -0.1) is 0 Å². The van der Waals surface area contributed by atoms with Crippen LogP contribution in [0.1, 0.15) is 25.7 Å². The van der Waals surface area contributed by atoms with Crippen molar-refractivity contribution < 1.29 is 19.4 Å². The van der Waals surface area contributed by atoms with Crippen molar-refractivity contribution in [2.45, 2.75) is 31.7 Å². The molecule has 0 radical (unpaired) electrons. The second-order valence-corrected chi connectivity index (χ2v) is 4.61. The number of ether oxygens (including phenoxy) is 1. The molecule has 16 heavy (non-hydrogen) atoms. The number of carboxylic acid groups (broad SMARTS) is 1. The number of hydrogen-bond donors (Lipinski definition) is 2. The first-order chi connectivity index (χ1) is 7.66. The summed E-state index contributed by atoms with van der Waals surface area (Å²) in [5.41, 5.74) is 0. The highest BCUT2D eigenvalue weighted by Crippen LogP contribution is 2.40. The van der Waals surface area contributed by atoms with E-state index in [1.54, 1.807) is 0 Å². The smallest absolute Gasteiger partial charge is 0.303 e. The molecule has 0 spiro atoms. The van der Waals surface area contributed by atoms with Gasteiger partial charge in [0.1, 0.15) is 0 Å². The highest BCUT2D eigenvalue weighted by Gasteiger charge is 2.40. The van der Waals surface area contributed by atoms with Gasteiger partial charge in [-0.1, -0.05) is 0 Å². The molecule has 1 heterocycles. The van der Waals surface area contributed by atoms with Crippen LogP contribution in [0, 0.1) is 11.8 Å². The third kappa shape index (κ3) is 2.95. The fourth-order valence-corrected chi connectivity index (χ4v) is 2.21. The average Bonchev–Trinajstić information content (AvgIpc) is 2.97. The van der Waals surface area contributed by atoms with E-state index in [0.717, 1.165) is 6.61 Å². The van der Waals surface area contributed by atoms with Gasteiger partial charge in [-0.3, -0.25) is 9.59 Å². The Balaban J connectivity index is 1.75. The Labute approximate surface area is 94.2 Å². The van der Waals surface area contributed by atoms with Gasteiger partial charge in [-0.2, -0.15) is 0 Å². The van der Waals surface area contributed by atoms with Crippen molar-refractivity contribution in [3.63, 3.8) is 0 Å². The Bertz CT molecular complexity index is 288. The van der Waals surface area contributed by atoms with Gasteiger partial charge >= 0.3 is 5.97 Å². The standard InChI is InChI=1S/C11H17NO4/c13-10(3-4-11(14)15)12-9-6-16-5-8(9)7-1-2-7/h7-9H,1-6H2,(H,12,13)(H,14,15). The van der Waals surface area contributed by atoms with Crippen LogP contribution in [0.15, 0.2) is 0 Å². The van der Waals surface area contributed by atoms with Crippen LogP contribution < -0.4 is 5.32 Å². The van der Waals surface area contributed by atoms with Crippen LogP contribution in [0.2, 0.25) is 0 Å². The third-order valence-electron chi connectivity index (χ3n) is 3.26. The number of aliphatic carboxylic acids is 1. The van der Waals surface area contributed by atoms with Crippen LogP contribution >= 0.6 is 0 Å². The Morgan fingerprint density at radius 1 is 1.25 bits per heavy atom. The van der Waals surface area contributed by atoms with Crippen molar-refractivity contribution in [1.82, 2.24) is 5.32 Å². The van der Waals surface area contributed by atoms with Gasteiger partial charge in [-0.05, 0) is 18.8 Å². The first-order valence-corrected chi connectivity index (χ1v) is 5.75. The predicted molar refractivity (Wildman–Crippen MR) is 55.8 cm³/mol. The highest BCUT2D eigenvalue weighted by molar-refractivity contribution is 5.80. The lowest BCUT2D eigenvalue weighted by Gasteiger charge is -2.18. The van der Waals surface area contributed by atoms with E-state index in [2.05, 4.69) is 5.32 Å². The average molecular weight is 227 g/mol. The molecule has 1 amide bonds. The summed E-state index contributed by atoms with van der Waals surface area (Å²) in [6.07, 6.45) is 2.42. The zero-order valence-corrected chi connectivity index (χ0v) is 9.15. The van der Waals surface area contributed by atoms with Gasteiger partial charge in [0.25, 0.3) is 0 Å². The van der Waals surface area contributed by atoms with Crippen molar-refractivity contribution in [2.24, 2.45) is 11.8 Å². The number of carboxylic acids is 1. The van der Waals surface area contributed by atoms with Crippen LogP contribution in [0.3, 0.4) is 0 Å². The minimum absolute atomic E-state index is 0.0587. The molecule has 0 aromatic rings. The Morgan fingerprint density at radius 2 is 2.00 bits per heavy atom. The second kappa shape index (κ2) is 4.82. The minimum Gasteiger partial charge on any atom is -0.481 e. The molecular formula is C11H17NO4. The van der Waals surface area contributed by atoms with E-state index in [1.165, 1.54) is 12.8 Å². The largest absolute Gasteiger partial charge is 0.481 e. The van der Waals surface area contributed by atoms with Crippen LogP contribution in [0.25, 0.3) is 0 Å². The molecule has 2 aliphatic rings. The van der Waals surface area contributed by atoms with E-state index in [1.807, 2.05) is 0 Å². The first kappa shape index (κ1) is 11.4. The molecule has 1 aliphatic heterocycles. The molecule has 0 aromatic heterocycles. The minimum atomic E-state index is -0.934. The van der Waals surface area contributed by atoms with E-state index in [0.29, 0.717) is 18.4 Å². The van der Waals surface area contributed by atoms with E-state index >= 15 is 0 Å². The molecule has 1 saturated heterocycles. The molecular weight excluding hydrogens is 210 g/mol. The van der Waals surface area contributed by atoms with Crippen LogP contribution in [-0.4, -0.2) is 36.2 Å².